The number of nitrogens with two attached hydrogens (primary N) is 1. The monoisotopic (exact) mass is 264 g/mol. The van der Waals surface area contributed by atoms with E-state index in [1.165, 1.54) is 0 Å². The van der Waals surface area contributed by atoms with E-state index in [-0.39, 0.29) is 11.9 Å². The Morgan fingerprint density at radius 2 is 2.00 bits per heavy atom. The molecule has 0 atom stereocenters. The van der Waals surface area contributed by atoms with Crippen molar-refractivity contribution in [3.63, 3.8) is 0 Å². The normalized spacial score (nSPS) is 10.5. The minimum absolute atomic E-state index is 0.0148. The van der Waals surface area contributed by atoms with E-state index in [4.69, 9.17) is 18.0 Å². The average Bonchev–Trinajstić information content (AvgIpc) is 2.28. The number of aryl methyl sites for hydroxylation is 1. The first-order chi connectivity index (χ1) is 8.34. The largest absolute Gasteiger partial charge is 0.392 e. The van der Waals surface area contributed by atoms with Gasteiger partial charge in [-0.05, 0) is 44.9 Å². The number of rotatable bonds is 4. The second kappa shape index (κ2) is 5.96. The molecule has 0 aromatic heterocycles. The van der Waals surface area contributed by atoms with Crippen LogP contribution in [0.2, 0.25) is 0 Å². The highest BCUT2D eigenvalue weighted by molar-refractivity contribution is 7.80. The summed E-state index contributed by atoms with van der Waals surface area (Å²) in [6, 6.07) is 5.81. The molecule has 0 saturated carbocycles. The first-order valence-electron chi connectivity index (χ1n) is 6.00. The van der Waals surface area contributed by atoms with Crippen LogP contribution in [-0.2, 0) is 0 Å². The maximum absolute atomic E-state index is 12.5. The van der Waals surface area contributed by atoms with Crippen LogP contribution in [0, 0.1) is 13.8 Å². The number of amides is 1. The van der Waals surface area contributed by atoms with Crippen LogP contribution in [0.1, 0.15) is 35.3 Å². The molecule has 2 N–H and O–H groups in total. The van der Waals surface area contributed by atoms with Crippen LogP contribution >= 0.6 is 12.2 Å². The molecule has 0 saturated heterocycles. The van der Waals surface area contributed by atoms with Gasteiger partial charge in [-0.3, -0.25) is 4.79 Å². The van der Waals surface area contributed by atoms with Crippen LogP contribution in [0.15, 0.2) is 18.2 Å². The van der Waals surface area contributed by atoms with Gasteiger partial charge in [0.25, 0.3) is 5.91 Å². The van der Waals surface area contributed by atoms with Crippen LogP contribution in [-0.4, -0.2) is 28.4 Å². The van der Waals surface area contributed by atoms with Gasteiger partial charge >= 0.3 is 0 Å². The predicted molar refractivity (Wildman–Crippen MR) is 78.9 cm³/mol. The molecule has 0 heterocycles. The highest BCUT2D eigenvalue weighted by Crippen LogP contribution is 2.16. The van der Waals surface area contributed by atoms with E-state index in [1.54, 1.807) is 4.90 Å². The maximum Gasteiger partial charge on any atom is 0.254 e. The summed E-state index contributed by atoms with van der Waals surface area (Å²) in [6.07, 6.45) is 0. The summed E-state index contributed by atoms with van der Waals surface area (Å²) < 4.78 is 0. The predicted octanol–water partition coefficient (Wildman–Crippen LogP) is 2.44. The molecule has 1 aromatic carbocycles. The van der Waals surface area contributed by atoms with Gasteiger partial charge in [0.05, 0.1) is 11.5 Å². The van der Waals surface area contributed by atoms with Crippen molar-refractivity contribution in [2.45, 2.75) is 33.7 Å². The van der Waals surface area contributed by atoms with E-state index in [2.05, 4.69) is 0 Å². The fraction of sp³-hybridized carbons (Fsp3) is 0.429. The Hall–Kier alpha value is -1.42. The number of nitrogens with zero attached hydrogens (tertiary/aromatic N) is 1. The molecule has 98 valence electrons. The molecule has 0 aliphatic heterocycles. The second-order valence-corrected chi connectivity index (χ2v) is 5.26. The Morgan fingerprint density at radius 1 is 1.39 bits per heavy atom. The number of thiocarbonyl (C=S) groups is 1. The van der Waals surface area contributed by atoms with Gasteiger partial charge in [-0.1, -0.05) is 24.4 Å². The second-order valence-electron chi connectivity index (χ2n) is 4.74. The summed E-state index contributed by atoms with van der Waals surface area (Å²) in [4.78, 5) is 14.5. The lowest BCUT2D eigenvalue weighted by Gasteiger charge is -2.27. The van der Waals surface area contributed by atoms with Crippen molar-refractivity contribution in [3.05, 3.63) is 34.9 Å². The topological polar surface area (TPSA) is 46.3 Å². The van der Waals surface area contributed by atoms with Gasteiger partial charge in [0.1, 0.15) is 0 Å². The van der Waals surface area contributed by atoms with Crippen molar-refractivity contribution in [3.8, 4) is 0 Å². The lowest BCUT2D eigenvalue weighted by atomic mass is 10.0. The van der Waals surface area contributed by atoms with E-state index in [0.717, 1.165) is 16.7 Å². The molecule has 0 aliphatic rings. The SMILES string of the molecule is Cc1cccc(C(=O)N(CC(N)=S)C(C)C)c1C. The van der Waals surface area contributed by atoms with E-state index >= 15 is 0 Å². The van der Waals surface area contributed by atoms with Crippen LogP contribution in [0.4, 0.5) is 0 Å². The first-order valence-corrected chi connectivity index (χ1v) is 6.41. The van der Waals surface area contributed by atoms with Crippen LogP contribution in [0.5, 0.6) is 0 Å². The Bertz CT molecular complexity index is 469. The average molecular weight is 264 g/mol. The lowest BCUT2D eigenvalue weighted by molar-refractivity contribution is 0.0735. The van der Waals surface area contributed by atoms with Crippen molar-refractivity contribution >= 4 is 23.1 Å². The van der Waals surface area contributed by atoms with Crippen molar-refractivity contribution < 1.29 is 4.79 Å². The van der Waals surface area contributed by atoms with Crippen LogP contribution in [0.25, 0.3) is 0 Å². The van der Waals surface area contributed by atoms with Gasteiger partial charge in [-0.2, -0.15) is 0 Å². The quantitative estimate of drug-likeness (QED) is 0.850. The Balaban J connectivity index is 3.10. The number of hydrogen-bond donors (Lipinski definition) is 1. The fourth-order valence-electron chi connectivity index (χ4n) is 1.79. The van der Waals surface area contributed by atoms with Gasteiger partial charge in [0.2, 0.25) is 0 Å². The van der Waals surface area contributed by atoms with Gasteiger partial charge in [-0.15, -0.1) is 0 Å². The zero-order valence-electron chi connectivity index (χ0n) is 11.4. The molecule has 0 radical (unpaired) electrons. The molecule has 1 aromatic rings. The molecule has 0 unspecified atom stereocenters. The van der Waals surface area contributed by atoms with Gasteiger partial charge < -0.3 is 10.6 Å². The summed E-state index contributed by atoms with van der Waals surface area (Å²) in [7, 11) is 0. The van der Waals surface area contributed by atoms with Crippen molar-refractivity contribution in [1.29, 1.82) is 0 Å². The number of carbonyl (C=O) groups is 1. The molecular weight excluding hydrogens is 244 g/mol. The van der Waals surface area contributed by atoms with E-state index in [0.29, 0.717) is 11.5 Å². The van der Waals surface area contributed by atoms with Crippen molar-refractivity contribution in [1.82, 2.24) is 4.90 Å². The van der Waals surface area contributed by atoms with Gasteiger partial charge in [0, 0.05) is 11.6 Å². The minimum Gasteiger partial charge on any atom is -0.392 e. The smallest absolute Gasteiger partial charge is 0.254 e. The van der Waals surface area contributed by atoms with Gasteiger partial charge in [-0.25, -0.2) is 0 Å². The minimum atomic E-state index is -0.0148. The van der Waals surface area contributed by atoms with E-state index in [1.807, 2.05) is 45.9 Å². The van der Waals surface area contributed by atoms with Crippen molar-refractivity contribution in [2.24, 2.45) is 5.73 Å². The molecule has 18 heavy (non-hydrogen) atoms. The molecule has 1 rings (SSSR count). The highest BCUT2D eigenvalue weighted by Gasteiger charge is 2.21. The van der Waals surface area contributed by atoms with Crippen LogP contribution < -0.4 is 5.73 Å². The molecule has 1 amide bonds. The Morgan fingerprint density at radius 3 is 2.50 bits per heavy atom. The fourth-order valence-corrected chi connectivity index (χ4v) is 1.93. The molecule has 3 nitrogen and oxygen atoms in total. The van der Waals surface area contributed by atoms with Gasteiger partial charge in [0.15, 0.2) is 0 Å². The first kappa shape index (κ1) is 14.6. The Kier molecular flexibility index (Phi) is 4.84. The molecule has 0 bridgehead atoms. The number of benzene rings is 1. The molecule has 4 heteroatoms. The summed E-state index contributed by atoms with van der Waals surface area (Å²) in [5, 5.41) is 0. The summed E-state index contributed by atoms with van der Waals surface area (Å²) >= 11 is 4.90. The zero-order valence-corrected chi connectivity index (χ0v) is 12.2. The molecule has 0 spiro atoms. The molecular formula is C14H20N2OS. The van der Waals surface area contributed by atoms with E-state index in [9.17, 15) is 4.79 Å². The molecule has 0 fully saturated rings. The van der Waals surface area contributed by atoms with E-state index < -0.39 is 0 Å². The summed E-state index contributed by atoms with van der Waals surface area (Å²) in [5.41, 5.74) is 8.40. The lowest BCUT2D eigenvalue weighted by Crippen LogP contribution is -2.42. The standard InChI is InChI=1S/C14H20N2OS/c1-9(2)16(8-13(15)18)14(17)12-7-5-6-10(3)11(12)4/h5-7,9H,8H2,1-4H3,(H2,15,18). The third-order valence-electron chi connectivity index (χ3n) is 3.05. The van der Waals surface area contributed by atoms with Crippen LogP contribution in [0.3, 0.4) is 0 Å². The zero-order chi connectivity index (χ0) is 13.9. The maximum atomic E-state index is 12.5. The Labute approximate surface area is 114 Å². The third-order valence-corrected chi connectivity index (χ3v) is 3.17. The summed E-state index contributed by atoms with van der Waals surface area (Å²) in [5.74, 6) is -0.0148. The van der Waals surface area contributed by atoms with Crippen molar-refractivity contribution in [2.75, 3.05) is 6.54 Å². The number of hydrogen-bond acceptors (Lipinski definition) is 2. The summed E-state index contributed by atoms with van der Waals surface area (Å²) in [6.45, 7) is 8.20. The number of carbonyl (C=O) groups excluding carboxylic acids is 1. The third kappa shape index (κ3) is 3.29. The molecule has 0 aliphatic carbocycles. The highest BCUT2D eigenvalue weighted by atomic mass is 32.1.